The summed E-state index contributed by atoms with van der Waals surface area (Å²) in [7, 11) is -4.77. The van der Waals surface area contributed by atoms with Crippen LogP contribution in [0.15, 0.2) is 109 Å². The lowest BCUT2D eigenvalue weighted by Crippen LogP contribution is -2.30. The van der Waals surface area contributed by atoms with Gasteiger partial charge in [0.15, 0.2) is 6.10 Å². The second-order valence-electron chi connectivity index (χ2n) is 18.7. The number of unbranched alkanes of at least 4 members (excludes halogenated alkanes) is 17. The second-order valence-corrected chi connectivity index (χ2v) is 20.1. The summed E-state index contributed by atoms with van der Waals surface area (Å²) >= 11 is 0. The van der Waals surface area contributed by atoms with Gasteiger partial charge < -0.3 is 24.2 Å². The van der Waals surface area contributed by atoms with Gasteiger partial charge in [-0.05, 0) is 116 Å². The van der Waals surface area contributed by atoms with Gasteiger partial charge in [0.1, 0.15) is 12.7 Å². The van der Waals surface area contributed by atoms with Crippen molar-refractivity contribution in [1.82, 2.24) is 0 Å². The molecule has 0 fully saturated rings. The first-order valence-electron chi connectivity index (χ1n) is 28.8. The van der Waals surface area contributed by atoms with Crippen LogP contribution in [0, 0.1) is 0 Å². The molecule has 422 valence electrons. The van der Waals surface area contributed by atoms with Crippen molar-refractivity contribution in [3.63, 3.8) is 0 Å². The average molecular weight is 1060 g/mol. The number of carbonyl (C=O) groups is 3. The fourth-order valence-corrected chi connectivity index (χ4v) is 8.12. The van der Waals surface area contributed by atoms with Crippen molar-refractivity contribution < 1.29 is 52.2 Å². The molecule has 0 saturated heterocycles. The molecule has 0 aliphatic carbocycles. The zero-order valence-corrected chi connectivity index (χ0v) is 47.4. The Bertz CT molecular complexity index is 1660. The van der Waals surface area contributed by atoms with Gasteiger partial charge in [-0.15, -0.1) is 0 Å². The monoisotopic (exact) mass is 1050 g/mol. The van der Waals surface area contributed by atoms with Crippen LogP contribution >= 0.6 is 7.82 Å². The first kappa shape index (κ1) is 70.1. The summed E-state index contributed by atoms with van der Waals surface area (Å²) < 4.78 is 39.5. The molecule has 0 spiro atoms. The molecule has 12 heteroatoms. The van der Waals surface area contributed by atoms with Crippen molar-refractivity contribution in [2.24, 2.45) is 0 Å². The molecule has 3 atom stereocenters. The minimum absolute atomic E-state index is 0.141. The summed E-state index contributed by atoms with van der Waals surface area (Å²) in [5, 5.41) is 9.81. The molecule has 0 bridgehead atoms. The van der Waals surface area contributed by atoms with Crippen molar-refractivity contribution >= 4 is 25.7 Å². The Kier molecular flexibility index (Phi) is 52.5. The SMILES string of the molecule is CC/C=C\C/C=C\C/C=C\C/C=C\CCCCCCCCC(=O)OC(COC(=O)CCCCCCC/C=C\C/C=C\C/C=C\CC)COP(=O)(O)OCC(CO)OC(=O)CCCCCCC/C=C\C/C=C\CCC. The summed E-state index contributed by atoms with van der Waals surface area (Å²) in [6.07, 6.45) is 66.1. The van der Waals surface area contributed by atoms with Crippen LogP contribution in [0.1, 0.15) is 226 Å². The molecule has 0 heterocycles. The van der Waals surface area contributed by atoms with E-state index in [4.69, 9.17) is 23.3 Å². The van der Waals surface area contributed by atoms with Gasteiger partial charge in [0.2, 0.25) is 0 Å². The highest BCUT2D eigenvalue weighted by atomic mass is 31.2. The highest BCUT2D eigenvalue weighted by Crippen LogP contribution is 2.43. The highest BCUT2D eigenvalue weighted by Gasteiger charge is 2.28. The number of aliphatic hydroxyl groups excluding tert-OH is 1. The summed E-state index contributed by atoms with van der Waals surface area (Å²) in [4.78, 5) is 48.5. The van der Waals surface area contributed by atoms with Crippen molar-refractivity contribution in [2.45, 2.75) is 238 Å². The number of esters is 3. The zero-order valence-electron chi connectivity index (χ0n) is 46.5. The highest BCUT2D eigenvalue weighted by molar-refractivity contribution is 7.47. The lowest BCUT2D eigenvalue weighted by Gasteiger charge is -2.21. The van der Waals surface area contributed by atoms with E-state index in [0.717, 1.165) is 167 Å². The Hall–Kier alpha value is -3.86. The van der Waals surface area contributed by atoms with Crippen molar-refractivity contribution in [1.29, 1.82) is 0 Å². The Morgan fingerprint density at radius 1 is 0.392 bits per heavy atom. The number of hydrogen-bond acceptors (Lipinski definition) is 10. The van der Waals surface area contributed by atoms with E-state index in [9.17, 15) is 28.9 Å². The molecule has 0 saturated carbocycles. The fourth-order valence-electron chi connectivity index (χ4n) is 7.34. The van der Waals surface area contributed by atoms with Crippen LogP contribution in [-0.2, 0) is 42.2 Å². The summed E-state index contributed by atoms with van der Waals surface area (Å²) in [5.41, 5.74) is 0. The molecule has 0 radical (unpaired) electrons. The largest absolute Gasteiger partial charge is 0.472 e. The Morgan fingerprint density at radius 3 is 1.08 bits per heavy atom. The summed E-state index contributed by atoms with van der Waals surface area (Å²) in [5.74, 6) is -1.52. The average Bonchev–Trinajstić information content (AvgIpc) is 3.39. The molecule has 0 aliphatic heterocycles. The number of phosphoric acid groups is 1. The quantitative estimate of drug-likeness (QED) is 0.0197. The van der Waals surface area contributed by atoms with E-state index in [0.29, 0.717) is 19.3 Å². The van der Waals surface area contributed by atoms with Gasteiger partial charge in [-0.25, -0.2) is 4.57 Å². The van der Waals surface area contributed by atoms with E-state index in [2.05, 4.69) is 130 Å². The topological polar surface area (TPSA) is 155 Å². The number of hydrogen-bond donors (Lipinski definition) is 2. The number of ether oxygens (including phenoxy) is 3. The van der Waals surface area contributed by atoms with Crippen molar-refractivity contribution in [3.05, 3.63) is 109 Å². The van der Waals surface area contributed by atoms with Crippen LogP contribution < -0.4 is 0 Å². The molecule has 0 aromatic carbocycles. The van der Waals surface area contributed by atoms with Gasteiger partial charge in [0, 0.05) is 19.3 Å². The van der Waals surface area contributed by atoms with Crippen molar-refractivity contribution in [2.75, 3.05) is 26.4 Å². The number of allylic oxidation sites excluding steroid dienone is 18. The van der Waals surface area contributed by atoms with Crippen LogP contribution in [0.2, 0.25) is 0 Å². The lowest BCUT2D eigenvalue weighted by atomic mass is 10.1. The lowest BCUT2D eigenvalue weighted by molar-refractivity contribution is -0.161. The molecule has 3 unspecified atom stereocenters. The van der Waals surface area contributed by atoms with E-state index in [-0.39, 0.29) is 25.9 Å². The van der Waals surface area contributed by atoms with E-state index < -0.39 is 57.8 Å². The third-order valence-corrected chi connectivity index (χ3v) is 12.6. The van der Waals surface area contributed by atoms with E-state index in [1.54, 1.807) is 0 Å². The van der Waals surface area contributed by atoms with Gasteiger partial charge in [0.05, 0.1) is 19.8 Å². The zero-order chi connectivity index (χ0) is 54.1. The van der Waals surface area contributed by atoms with Crippen LogP contribution in [0.3, 0.4) is 0 Å². The number of phosphoric ester groups is 1. The third kappa shape index (κ3) is 53.0. The van der Waals surface area contributed by atoms with E-state index >= 15 is 0 Å². The molecule has 74 heavy (non-hydrogen) atoms. The van der Waals surface area contributed by atoms with Crippen LogP contribution in [0.4, 0.5) is 0 Å². The third-order valence-electron chi connectivity index (χ3n) is 11.6. The molecule has 0 aromatic rings. The molecule has 11 nitrogen and oxygen atoms in total. The second kappa shape index (κ2) is 55.4. The van der Waals surface area contributed by atoms with Gasteiger partial charge >= 0.3 is 25.7 Å². The number of rotatable bonds is 52. The van der Waals surface area contributed by atoms with Crippen LogP contribution in [-0.4, -0.2) is 66.5 Å². The van der Waals surface area contributed by atoms with Gasteiger partial charge in [-0.3, -0.25) is 23.4 Å². The molecule has 0 aromatic heterocycles. The summed E-state index contributed by atoms with van der Waals surface area (Å²) in [6.45, 7) is 4.29. The molecular weight excluding hydrogens is 952 g/mol. The molecule has 0 aliphatic rings. The molecule has 0 amide bonds. The normalized spacial score (nSPS) is 14.2. The van der Waals surface area contributed by atoms with Gasteiger partial charge in [-0.2, -0.15) is 0 Å². The first-order valence-corrected chi connectivity index (χ1v) is 30.3. The minimum atomic E-state index is -4.77. The van der Waals surface area contributed by atoms with Gasteiger partial charge in [-0.1, -0.05) is 201 Å². The smallest absolute Gasteiger partial charge is 0.462 e. The summed E-state index contributed by atoms with van der Waals surface area (Å²) in [6, 6.07) is 0. The number of carbonyl (C=O) groups excluding carboxylic acids is 3. The minimum Gasteiger partial charge on any atom is -0.462 e. The Labute approximate surface area is 450 Å². The Balaban J connectivity index is 4.80. The maximum atomic E-state index is 12.9. The van der Waals surface area contributed by atoms with Crippen LogP contribution in [0.5, 0.6) is 0 Å². The van der Waals surface area contributed by atoms with Gasteiger partial charge in [0.25, 0.3) is 0 Å². The number of aliphatic hydroxyl groups is 1. The standard InChI is InChI=1S/C62H103O11P/c1-4-7-10-13-16-19-22-25-27-28-29-30-32-35-38-41-44-47-50-53-62(66)73-59(55-69-60(64)51-48-45-42-39-36-34-31-26-23-20-17-14-11-8-5-2)57-71-74(67,68)70-56-58(54-63)72-61(65)52-49-46-43-40-37-33-24-21-18-15-12-9-6-3/h7-8,10-12,15-17,19-21,24-27,29-31,58-59,63H,4-6,9,13-14,18,22-23,28,32-57H2,1-3H3,(H,67,68)/b10-7-,11-8-,15-12-,19-16-,20-17-,24-21-,27-25-,30-29-,31-26-. The maximum Gasteiger partial charge on any atom is 0.472 e. The molecule has 0 rings (SSSR count). The van der Waals surface area contributed by atoms with E-state index in [1.807, 2.05) is 0 Å². The molecule has 2 N–H and O–H groups in total. The first-order chi connectivity index (χ1) is 36.2. The molecular formula is C62H103O11P. The van der Waals surface area contributed by atoms with Crippen molar-refractivity contribution in [3.8, 4) is 0 Å². The van der Waals surface area contributed by atoms with E-state index in [1.165, 1.54) is 0 Å². The Morgan fingerprint density at radius 2 is 0.703 bits per heavy atom. The fraction of sp³-hybridized carbons (Fsp3) is 0.661. The predicted molar refractivity (Wildman–Crippen MR) is 307 cm³/mol. The van der Waals surface area contributed by atoms with Crippen LogP contribution in [0.25, 0.3) is 0 Å². The maximum absolute atomic E-state index is 12.9. The predicted octanol–water partition coefficient (Wildman–Crippen LogP) is 17.0.